The Bertz CT molecular complexity index is 350. The number of ketones is 1. The van der Waals surface area contributed by atoms with Crippen LogP contribution >= 0.6 is 11.6 Å². The van der Waals surface area contributed by atoms with Crippen molar-refractivity contribution < 1.29 is 4.79 Å². The van der Waals surface area contributed by atoms with E-state index in [-0.39, 0.29) is 5.78 Å². The van der Waals surface area contributed by atoms with Crippen molar-refractivity contribution in [2.45, 2.75) is 32.7 Å². The van der Waals surface area contributed by atoms with Gasteiger partial charge in [-0.3, -0.25) is 4.79 Å². The molecule has 1 rings (SSSR count). The molecule has 0 fully saturated rings. The number of benzene rings is 1. The third-order valence-corrected chi connectivity index (χ3v) is 2.52. The molecule has 1 N–H and O–H groups in total. The summed E-state index contributed by atoms with van der Waals surface area (Å²) in [7, 11) is 0. The maximum absolute atomic E-state index is 11.5. The van der Waals surface area contributed by atoms with Crippen LogP contribution in [0.15, 0.2) is 24.3 Å². The van der Waals surface area contributed by atoms with Crippen molar-refractivity contribution in [3.8, 4) is 0 Å². The number of hydrogen-bond acceptors (Lipinski definition) is 2. The normalized spacial score (nSPS) is 10.8. The molecule has 0 unspecified atom stereocenters. The first-order valence-corrected chi connectivity index (χ1v) is 5.95. The second-order valence-electron chi connectivity index (χ2n) is 4.20. The molecule has 0 saturated heterocycles. The van der Waals surface area contributed by atoms with Crippen molar-refractivity contribution >= 4 is 17.4 Å². The van der Waals surface area contributed by atoms with Gasteiger partial charge in [0.05, 0.1) is 6.54 Å². The summed E-state index contributed by atoms with van der Waals surface area (Å²) in [6.45, 7) is 4.52. The molecule has 2 nitrogen and oxygen atoms in total. The standard InChI is InChI=1S/C13H18ClNO/c1-10(2)15-9-13(16)7-6-11-4-3-5-12(14)8-11/h3-5,8,10,15H,6-7,9H2,1-2H3. The Balaban J connectivity index is 2.31. The SMILES string of the molecule is CC(C)NCC(=O)CCc1cccc(Cl)c1. The predicted molar refractivity (Wildman–Crippen MR) is 67.9 cm³/mol. The first-order chi connectivity index (χ1) is 7.58. The molecular weight excluding hydrogens is 222 g/mol. The molecule has 1 aromatic rings. The number of rotatable bonds is 6. The smallest absolute Gasteiger partial charge is 0.146 e. The summed E-state index contributed by atoms with van der Waals surface area (Å²) in [5.41, 5.74) is 1.12. The van der Waals surface area contributed by atoms with Crippen LogP contribution in [0.5, 0.6) is 0 Å². The maximum atomic E-state index is 11.5. The van der Waals surface area contributed by atoms with Gasteiger partial charge in [-0.25, -0.2) is 0 Å². The number of carbonyl (C=O) groups is 1. The van der Waals surface area contributed by atoms with Crippen molar-refractivity contribution in [3.63, 3.8) is 0 Å². The number of nitrogens with one attached hydrogen (secondary N) is 1. The van der Waals surface area contributed by atoms with Crippen LogP contribution in [0.3, 0.4) is 0 Å². The highest BCUT2D eigenvalue weighted by Gasteiger charge is 2.03. The Labute approximate surface area is 102 Å². The van der Waals surface area contributed by atoms with E-state index in [1.54, 1.807) is 0 Å². The zero-order chi connectivity index (χ0) is 12.0. The lowest BCUT2D eigenvalue weighted by Crippen LogP contribution is -2.29. The van der Waals surface area contributed by atoms with Gasteiger partial charge in [0.25, 0.3) is 0 Å². The van der Waals surface area contributed by atoms with Crippen LogP contribution in [-0.4, -0.2) is 18.4 Å². The molecule has 0 aliphatic heterocycles. The summed E-state index contributed by atoms with van der Waals surface area (Å²) in [5.74, 6) is 0.244. The molecule has 0 saturated carbocycles. The molecule has 0 radical (unpaired) electrons. The Kier molecular flexibility index (Phi) is 5.50. The lowest BCUT2D eigenvalue weighted by Gasteiger charge is -2.07. The molecule has 0 aliphatic rings. The number of aryl methyl sites for hydroxylation is 1. The first kappa shape index (κ1) is 13.2. The average Bonchev–Trinajstić information content (AvgIpc) is 2.23. The summed E-state index contributed by atoms with van der Waals surface area (Å²) in [6, 6.07) is 8.01. The second-order valence-corrected chi connectivity index (χ2v) is 4.64. The van der Waals surface area contributed by atoms with Crippen LogP contribution < -0.4 is 5.32 Å². The molecule has 0 aromatic heterocycles. The van der Waals surface area contributed by atoms with E-state index in [0.29, 0.717) is 19.0 Å². The van der Waals surface area contributed by atoms with Crippen LogP contribution in [0.2, 0.25) is 5.02 Å². The third-order valence-electron chi connectivity index (χ3n) is 2.29. The van der Waals surface area contributed by atoms with Gasteiger partial charge >= 0.3 is 0 Å². The van der Waals surface area contributed by atoms with E-state index < -0.39 is 0 Å². The molecule has 0 heterocycles. The molecular formula is C13H18ClNO. The third kappa shape index (κ3) is 5.29. The highest BCUT2D eigenvalue weighted by Crippen LogP contribution is 2.12. The van der Waals surface area contributed by atoms with E-state index in [4.69, 9.17) is 11.6 Å². The minimum atomic E-state index is 0.244. The Hall–Kier alpha value is -0.860. The molecule has 0 atom stereocenters. The van der Waals surface area contributed by atoms with Crippen molar-refractivity contribution in [2.24, 2.45) is 0 Å². The highest BCUT2D eigenvalue weighted by molar-refractivity contribution is 6.30. The van der Waals surface area contributed by atoms with Crippen LogP contribution in [-0.2, 0) is 11.2 Å². The fraction of sp³-hybridized carbons (Fsp3) is 0.462. The van der Waals surface area contributed by atoms with Gasteiger partial charge in [-0.2, -0.15) is 0 Å². The van der Waals surface area contributed by atoms with E-state index in [1.807, 2.05) is 38.1 Å². The first-order valence-electron chi connectivity index (χ1n) is 5.57. The van der Waals surface area contributed by atoms with Gasteiger partial charge in [0.1, 0.15) is 5.78 Å². The summed E-state index contributed by atoms with van der Waals surface area (Å²) < 4.78 is 0. The Morgan fingerprint density at radius 2 is 2.19 bits per heavy atom. The number of hydrogen-bond donors (Lipinski definition) is 1. The van der Waals surface area contributed by atoms with Crippen LogP contribution in [0.1, 0.15) is 25.8 Å². The van der Waals surface area contributed by atoms with Crippen molar-refractivity contribution in [2.75, 3.05) is 6.54 Å². The van der Waals surface area contributed by atoms with Crippen molar-refractivity contribution in [3.05, 3.63) is 34.9 Å². The summed E-state index contributed by atoms with van der Waals surface area (Å²) in [6.07, 6.45) is 1.33. The number of halogens is 1. The second kappa shape index (κ2) is 6.66. The van der Waals surface area contributed by atoms with Gasteiger partial charge in [0.15, 0.2) is 0 Å². The van der Waals surface area contributed by atoms with Crippen LogP contribution in [0, 0.1) is 0 Å². The molecule has 0 bridgehead atoms. The van der Waals surface area contributed by atoms with E-state index in [1.165, 1.54) is 0 Å². The van der Waals surface area contributed by atoms with Crippen molar-refractivity contribution in [1.29, 1.82) is 0 Å². The molecule has 16 heavy (non-hydrogen) atoms. The van der Waals surface area contributed by atoms with Gasteiger partial charge in [0, 0.05) is 17.5 Å². The monoisotopic (exact) mass is 239 g/mol. The molecule has 88 valence electrons. The van der Waals surface area contributed by atoms with Gasteiger partial charge < -0.3 is 5.32 Å². The summed E-state index contributed by atoms with van der Waals surface area (Å²) in [5, 5.41) is 3.84. The van der Waals surface area contributed by atoms with Gasteiger partial charge in [-0.15, -0.1) is 0 Å². The molecule has 3 heteroatoms. The van der Waals surface area contributed by atoms with Crippen LogP contribution in [0.25, 0.3) is 0 Å². The fourth-order valence-corrected chi connectivity index (χ4v) is 1.60. The average molecular weight is 240 g/mol. The molecule has 0 spiro atoms. The van der Waals surface area contributed by atoms with E-state index in [0.717, 1.165) is 17.0 Å². The highest BCUT2D eigenvalue weighted by atomic mass is 35.5. The zero-order valence-electron chi connectivity index (χ0n) is 9.79. The maximum Gasteiger partial charge on any atom is 0.146 e. The van der Waals surface area contributed by atoms with Gasteiger partial charge in [0.2, 0.25) is 0 Å². The van der Waals surface area contributed by atoms with Crippen LogP contribution in [0.4, 0.5) is 0 Å². The lowest BCUT2D eigenvalue weighted by atomic mass is 10.1. The number of carbonyl (C=O) groups excluding carboxylic acids is 1. The van der Waals surface area contributed by atoms with E-state index >= 15 is 0 Å². The predicted octanol–water partition coefficient (Wildman–Crippen LogP) is 2.84. The number of Topliss-reactive ketones (excluding diaryl/α,β-unsaturated/α-hetero) is 1. The zero-order valence-corrected chi connectivity index (χ0v) is 10.6. The van der Waals surface area contributed by atoms with E-state index in [9.17, 15) is 4.79 Å². The summed E-state index contributed by atoms with van der Waals surface area (Å²) >= 11 is 5.87. The lowest BCUT2D eigenvalue weighted by molar-refractivity contribution is -0.118. The molecule has 1 aromatic carbocycles. The van der Waals surface area contributed by atoms with Gasteiger partial charge in [-0.05, 0) is 24.1 Å². The fourth-order valence-electron chi connectivity index (χ4n) is 1.38. The Morgan fingerprint density at radius 3 is 2.81 bits per heavy atom. The topological polar surface area (TPSA) is 29.1 Å². The van der Waals surface area contributed by atoms with Gasteiger partial charge in [-0.1, -0.05) is 37.6 Å². The largest absolute Gasteiger partial charge is 0.308 e. The quantitative estimate of drug-likeness (QED) is 0.827. The Morgan fingerprint density at radius 1 is 1.44 bits per heavy atom. The minimum absolute atomic E-state index is 0.244. The molecule has 0 aliphatic carbocycles. The molecule has 0 amide bonds. The summed E-state index contributed by atoms with van der Waals surface area (Å²) in [4.78, 5) is 11.5. The van der Waals surface area contributed by atoms with E-state index in [2.05, 4.69) is 5.32 Å². The van der Waals surface area contributed by atoms with Crippen molar-refractivity contribution in [1.82, 2.24) is 5.32 Å². The minimum Gasteiger partial charge on any atom is -0.308 e.